The first-order valence-corrected chi connectivity index (χ1v) is 9.29. The highest BCUT2D eigenvalue weighted by atomic mass is 35.5. The Morgan fingerprint density at radius 1 is 1.00 bits per heavy atom. The molecular formula is C17H11Cl2NO3S. The fourth-order valence-corrected chi connectivity index (χ4v) is 5.49. The molecule has 1 aliphatic rings. The molecular weight excluding hydrogens is 369 g/mol. The molecule has 7 heteroatoms. The van der Waals surface area contributed by atoms with Gasteiger partial charge in [-0.2, -0.15) is 5.26 Å². The molecule has 0 spiro atoms. The fourth-order valence-electron chi connectivity index (χ4n) is 3.00. The van der Waals surface area contributed by atoms with Crippen LogP contribution >= 0.6 is 23.2 Å². The summed E-state index contributed by atoms with van der Waals surface area (Å²) in [6, 6.07) is 14.1. The highest BCUT2D eigenvalue weighted by molar-refractivity contribution is 7.92. The molecule has 2 aromatic rings. The van der Waals surface area contributed by atoms with Crippen molar-refractivity contribution >= 4 is 39.3 Å². The second-order valence-electron chi connectivity index (χ2n) is 5.61. The summed E-state index contributed by atoms with van der Waals surface area (Å²) in [6.07, 6.45) is 0.435. The van der Waals surface area contributed by atoms with E-state index in [1.54, 1.807) is 24.3 Å². The van der Waals surface area contributed by atoms with Crippen LogP contribution in [0.4, 0.5) is 0 Å². The third-order valence-corrected chi connectivity index (χ3v) is 7.04. The van der Waals surface area contributed by atoms with Gasteiger partial charge in [0.15, 0.2) is 9.84 Å². The van der Waals surface area contributed by atoms with Gasteiger partial charge in [0.1, 0.15) is 17.0 Å². The molecule has 0 aromatic heterocycles. The van der Waals surface area contributed by atoms with Crippen LogP contribution in [0.15, 0.2) is 53.4 Å². The molecule has 0 radical (unpaired) electrons. The van der Waals surface area contributed by atoms with E-state index in [9.17, 15) is 18.5 Å². The molecule has 0 N–H and O–H groups in total. The Labute approximate surface area is 149 Å². The van der Waals surface area contributed by atoms with Crippen molar-refractivity contribution in [3.05, 3.63) is 64.1 Å². The lowest BCUT2D eigenvalue weighted by Crippen LogP contribution is -2.16. The predicted octanol–water partition coefficient (Wildman–Crippen LogP) is 3.64. The zero-order chi connectivity index (χ0) is 17.5. The van der Waals surface area contributed by atoms with Gasteiger partial charge in [0, 0.05) is 16.0 Å². The molecule has 24 heavy (non-hydrogen) atoms. The van der Waals surface area contributed by atoms with Crippen molar-refractivity contribution in [1.82, 2.24) is 0 Å². The lowest BCUT2D eigenvalue weighted by Gasteiger charge is -2.04. The first-order valence-electron chi connectivity index (χ1n) is 6.99. The molecule has 3 atom stereocenters. The topological polar surface area (TPSA) is 75.0 Å². The molecule has 1 aliphatic carbocycles. The van der Waals surface area contributed by atoms with Crippen molar-refractivity contribution in [3.63, 3.8) is 0 Å². The van der Waals surface area contributed by atoms with Crippen LogP contribution in [0.5, 0.6) is 0 Å². The predicted molar refractivity (Wildman–Crippen MR) is 90.7 cm³/mol. The molecule has 4 nitrogen and oxygen atoms in total. The van der Waals surface area contributed by atoms with Crippen molar-refractivity contribution in [2.75, 3.05) is 0 Å². The number of hydrogen-bond donors (Lipinski definition) is 0. The smallest absolute Gasteiger partial charge is 0.183 e. The number of nitrogens with zero attached hydrogens (tertiary/aromatic N) is 1. The number of nitriles is 1. The first kappa shape index (κ1) is 17.0. The number of aldehydes is 1. The van der Waals surface area contributed by atoms with Crippen LogP contribution in [0.3, 0.4) is 0 Å². The average Bonchev–Trinajstić information content (AvgIpc) is 3.26. The molecule has 0 saturated heterocycles. The Kier molecular flexibility index (Phi) is 4.16. The maximum absolute atomic E-state index is 12.9. The van der Waals surface area contributed by atoms with E-state index in [1.807, 2.05) is 6.07 Å². The van der Waals surface area contributed by atoms with E-state index >= 15 is 0 Å². The van der Waals surface area contributed by atoms with E-state index in [-0.39, 0.29) is 4.90 Å². The van der Waals surface area contributed by atoms with E-state index in [2.05, 4.69) is 0 Å². The lowest BCUT2D eigenvalue weighted by molar-refractivity contribution is -0.110. The van der Waals surface area contributed by atoms with Crippen LogP contribution in [0.2, 0.25) is 10.0 Å². The Hall–Kier alpha value is -1.87. The largest absolute Gasteiger partial charge is 0.302 e. The van der Waals surface area contributed by atoms with Gasteiger partial charge in [-0.15, -0.1) is 0 Å². The highest BCUT2D eigenvalue weighted by Crippen LogP contribution is 2.62. The number of sulfone groups is 1. The Morgan fingerprint density at radius 3 is 1.96 bits per heavy atom. The summed E-state index contributed by atoms with van der Waals surface area (Å²) in [5, 5.41) is 9.24. The monoisotopic (exact) mass is 379 g/mol. The van der Waals surface area contributed by atoms with Crippen LogP contribution in [0.25, 0.3) is 0 Å². The minimum absolute atomic E-state index is 0.0369. The van der Waals surface area contributed by atoms with Crippen molar-refractivity contribution in [2.24, 2.45) is 5.41 Å². The summed E-state index contributed by atoms with van der Waals surface area (Å²) in [5.41, 5.74) is -0.998. The summed E-state index contributed by atoms with van der Waals surface area (Å²) in [7, 11) is -3.87. The molecule has 0 amide bonds. The normalized spacial score (nSPS) is 25.7. The molecule has 2 aromatic carbocycles. The summed E-state index contributed by atoms with van der Waals surface area (Å²) < 4.78 is 25.8. The number of carbonyl (C=O) groups is 1. The van der Waals surface area contributed by atoms with Crippen LogP contribution in [-0.2, 0) is 14.6 Å². The quantitative estimate of drug-likeness (QED) is 0.759. The van der Waals surface area contributed by atoms with Crippen LogP contribution in [-0.4, -0.2) is 20.0 Å². The van der Waals surface area contributed by atoms with E-state index in [0.29, 0.717) is 21.9 Å². The summed E-state index contributed by atoms with van der Waals surface area (Å²) in [6.45, 7) is 0. The van der Waals surface area contributed by atoms with Gasteiger partial charge in [-0.25, -0.2) is 8.42 Å². The van der Waals surface area contributed by atoms with Crippen LogP contribution < -0.4 is 0 Å². The maximum atomic E-state index is 12.9. The lowest BCUT2D eigenvalue weighted by atomic mass is 10.0. The number of hydrogen-bond acceptors (Lipinski definition) is 4. The van der Waals surface area contributed by atoms with Gasteiger partial charge >= 0.3 is 0 Å². The van der Waals surface area contributed by atoms with Gasteiger partial charge in [-0.1, -0.05) is 35.3 Å². The zero-order valence-corrected chi connectivity index (χ0v) is 14.5. The number of carbonyl (C=O) groups excluding carboxylic acids is 1. The average molecular weight is 380 g/mol. The molecule has 0 heterocycles. The van der Waals surface area contributed by atoms with Gasteiger partial charge in [0.25, 0.3) is 0 Å². The maximum Gasteiger partial charge on any atom is 0.183 e. The number of benzene rings is 2. The van der Waals surface area contributed by atoms with Crippen molar-refractivity contribution < 1.29 is 13.2 Å². The minimum atomic E-state index is -3.87. The summed E-state index contributed by atoms with van der Waals surface area (Å²) >= 11 is 11.6. The fraction of sp³-hybridized carbons (Fsp3) is 0.176. The second-order valence-corrected chi connectivity index (χ2v) is 8.55. The summed E-state index contributed by atoms with van der Waals surface area (Å²) in [4.78, 5) is 11.6. The van der Waals surface area contributed by atoms with Crippen molar-refractivity contribution in [3.8, 4) is 6.07 Å². The minimum Gasteiger partial charge on any atom is -0.302 e. The zero-order valence-electron chi connectivity index (χ0n) is 12.2. The van der Waals surface area contributed by atoms with E-state index in [4.69, 9.17) is 23.2 Å². The molecule has 3 unspecified atom stereocenters. The van der Waals surface area contributed by atoms with Gasteiger partial charge in [-0.3, -0.25) is 0 Å². The third-order valence-electron chi connectivity index (χ3n) is 4.27. The molecule has 0 aliphatic heterocycles. The Balaban J connectivity index is 2.08. The van der Waals surface area contributed by atoms with E-state index in [0.717, 1.165) is 0 Å². The summed E-state index contributed by atoms with van der Waals surface area (Å²) in [5.74, 6) is -0.724. The van der Waals surface area contributed by atoms with E-state index < -0.39 is 26.4 Å². The molecule has 122 valence electrons. The highest BCUT2D eigenvalue weighted by Gasteiger charge is 2.72. The second kappa shape index (κ2) is 5.89. The van der Waals surface area contributed by atoms with Crippen molar-refractivity contribution in [1.29, 1.82) is 5.26 Å². The van der Waals surface area contributed by atoms with Gasteiger partial charge in [0.05, 0.1) is 11.0 Å². The Bertz CT molecular complexity index is 933. The van der Waals surface area contributed by atoms with Gasteiger partial charge < -0.3 is 4.79 Å². The molecule has 1 saturated carbocycles. The van der Waals surface area contributed by atoms with Gasteiger partial charge in [-0.05, 0) is 42.0 Å². The molecule has 1 fully saturated rings. The SMILES string of the molecule is N#CC1(C=O)C(c2ccc(Cl)cc2)C1S(=O)(=O)c1ccc(Cl)cc1. The number of rotatable bonds is 4. The van der Waals surface area contributed by atoms with Crippen molar-refractivity contribution in [2.45, 2.75) is 16.1 Å². The first-order chi connectivity index (χ1) is 11.4. The molecule has 0 bridgehead atoms. The number of halogens is 2. The third kappa shape index (κ3) is 2.51. The molecule has 3 rings (SSSR count). The van der Waals surface area contributed by atoms with Crippen LogP contribution in [0.1, 0.15) is 11.5 Å². The standard InChI is InChI=1S/C17H11Cl2NO3S/c18-12-3-1-11(2-4-12)15-16(17(15,9-20)10-21)24(22,23)14-7-5-13(19)6-8-14/h1-8,10,15-16H. The van der Waals surface area contributed by atoms with E-state index in [1.165, 1.54) is 24.3 Å². The van der Waals surface area contributed by atoms with Gasteiger partial charge in [0.2, 0.25) is 0 Å². The Morgan fingerprint density at radius 2 is 1.50 bits per heavy atom. The van der Waals surface area contributed by atoms with Crippen LogP contribution in [0, 0.1) is 16.7 Å².